The van der Waals surface area contributed by atoms with Crippen molar-refractivity contribution in [2.45, 2.75) is 16.9 Å². The minimum Gasteiger partial charge on any atom is -0.258 e. The van der Waals surface area contributed by atoms with Crippen molar-refractivity contribution in [2.24, 2.45) is 0 Å². The zero-order valence-electron chi connectivity index (χ0n) is 15.2. The maximum Gasteiger partial charge on any atom is 0.269 e. The molecule has 0 fully saturated rings. The monoisotopic (exact) mass is 405 g/mol. The number of nitro benzene ring substituents is 1. The quantitative estimate of drug-likeness (QED) is 0.344. The summed E-state index contributed by atoms with van der Waals surface area (Å²) in [6.07, 6.45) is 1.90. The lowest BCUT2D eigenvalue weighted by Crippen LogP contribution is -2.24. The zero-order valence-corrected chi connectivity index (χ0v) is 16.8. The Balaban J connectivity index is 1.59. The van der Waals surface area contributed by atoms with E-state index in [1.54, 1.807) is 12.1 Å². The number of nitro groups is 1. The van der Waals surface area contributed by atoms with E-state index in [0.29, 0.717) is 0 Å². The van der Waals surface area contributed by atoms with Crippen LogP contribution in [0.5, 0.6) is 0 Å². The van der Waals surface area contributed by atoms with Gasteiger partial charge in [0.1, 0.15) is 0 Å². The largest absolute Gasteiger partial charge is 0.269 e. The highest BCUT2D eigenvalue weighted by atomic mass is 32.2. The summed E-state index contributed by atoms with van der Waals surface area (Å²) in [6, 6.07) is 28.0. The number of thioether (sulfide) groups is 2. The van der Waals surface area contributed by atoms with Crippen LogP contribution in [0.1, 0.15) is 16.7 Å². The maximum atomic E-state index is 10.9. The average molecular weight is 406 g/mol. The number of nitrogens with zero attached hydrogens (tertiary/aromatic N) is 1. The molecule has 0 bridgehead atoms. The van der Waals surface area contributed by atoms with Crippen molar-refractivity contribution < 1.29 is 4.92 Å². The molecule has 28 heavy (non-hydrogen) atoms. The molecule has 0 radical (unpaired) electrons. The van der Waals surface area contributed by atoms with Crippen molar-refractivity contribution in [3.8, 4) is 0 Å². The molecular formula is C23H19NO2S2. The maximum absolute atomic E-state index is 10.9. The van der Waals surface area contributed by atoms with Gasteiger partial charge in [0.05, 0.1) is 9.00 Å². The van der Waals surface area contributed by atoms with Crippen LogP contribution in [0.25, 0.3) is 4.91 Å². The fourth-order valence-corrected chi connectivity index (χ4v) is 6.35. The summed E-state index contributed by atoms with van der Waals surface area (Å²) in [6.45, 7) is 0. The van der Waals surface area contributed by atoms with Gasteiger partial charge in [-0.3, -0.25) is 10.1 Å². The highest BCUT2D eigenvalue weighted by molar-refractivity contribution is 8.27. The average Bonchev–Trinajstić information content (AvgIpc) is 3.13. The molecule has 1 aliphatic rings. The number of hydrogen-bond acceptors (Lipinski definition) is 4. The van der Waals surface area contributed by atoms with Gasteiger partial charge in [0.25, 0.3) is 5.69 Å². The molecule has 3 nitrogen and oxygen atoms in total. The van der Waals surface area contributed by atoms with E-state index in [-0.39, 0.29) is 14.7 Å². The summed E-state index contributed by atoms with van der Waals surface area (Å²) in [5, 5.41) is 13.1. The van der Waals surface area contributed by atoms with Crippen molar-refractivity contribution in [1.82, 2.24) is 0 Å². The molecule has 0 unspecified atom stereocenters. The Bertz CT molecular complexity index is 945. The molecule has 140 valence electrons. The third-order valence-corrected chi connectivity index (χ3v) is 7.67. The summed E-state index contributed by atoms with van der Waals surface area (Å²) in [4.78, 5) is 11.7. The molecule has 0 spiro atoms. The molecule has 0 N–H and O–H groups in total. The van der Waals surface area contributed by atoms with E-state index < -0.39 is 0 Å². The fourth-order valence-electron chi connectivity index (χ4n) is 3.32. The smallest absolute Gasteiger partial charge is 0.258 e. The third-order valence-electron chi connectivity index (χ3n) is 4.67. The zero-order chi connectivity index (χ0) is 19.4. The first-order valence-electron chi connectivity index (χ1n) is 9.03. The molecule has 0 atom stereocenters. The second-order valence-corrected chi connectivity index (χ2v) is 9.68. The predicted molar refractivity (Wildman–Crippen MR) is 119 cm³/mol. The molecule has 3 aromatic rings. The first-order valence-corrected chi connectivity index (χ1v) is 10.7. The summed E-state index contributed by atoms with van der Waals surface area (Å²) < 4.78 is -0.0280. The lowest BCUT2D eigenvalue weighted by atomic mass is 10.0. The van der Waals surface area contributed by atoms with E-state index in [4.69, 9.17) is 0 Å². The van der Waals surface area contributed by atoms with E-state index in [9.17, 15) is 10.1 Å². The molecule has 0 saturated heterocycles. The molecule has 1 heterocycles. The van der Waals surface area contributed by atoms with Gasteiger partial charge in [-0.05, 0) is 47.1 Å². The van der Waals surface area contributed by atoms with Crippen molar-refractivity contribution in [3.63, 3.8) is 0 Å². The van der Waals surface area contributed by atoms with Crippen LogP contribution in [0.3, 0.4) is 0 Å². The van der Waals surface area contributed by atoms with Crippen LogP contribution in [-0.4, -0.2) is 9.00 Å². The second kappa shape index (κ2) is 8.25. The summed E-state index contributed by atoms with van der Waals surface area (Å²) in [5.41, 5.74) is 3.79. The van der Waals surface area contributed by atoms with Crippen molar-refractivity contribution in [3.05, 3.63) is 117 Å². The van der Waals surface area contributed by atoms with E-state index in [2.05, 4.69) is 53.9 Å². The van der Waals surface area contributed by atoms with E-state index in [1.807, 2.05) is 47.8 Å². The normalized spacial score (nSPS) is 15.2. The minimum absolute atomic E-state index is 0.0280. The topological polar surface area (TPSA) is 43.1 Å². The van der Waals surface area contributed by atoms with Crippen LogP contribution in [-0.2, 0) is 12.8 Å². The molecule has 0 saturated carbocycles. The number of hydrogen-bond donors (Lipinski definition) is 0. The van der Waals surface area contributed by atoms with E-state index in [0.717, 1.165) is 18.4 Å². The van der Waals surface area contributed by atoms with Crippen LogP contribution in [0.15, 0.2) is 90.3 Å². The Labute approximate surface area is 173 Å². The van der Waals surface area contributed by atoms with E-state index >= 15 is 0 Å². The highest BCUT2D eigenvalue weighted by Crippen LogP contribution is 2.56. The van der Waals surface area contributed by atoms with Gasteiger partial charge in [0, 0.05) is 17.0 Å². The van der Waals surface area contributed by atoms with Crippen LogP contribution in [0, 0.1) is 10.1 Å². The Morgan fingerprint density at radius 3 is 1.82 bits per heavy atom. The van der Waals surface area contributed by atoms with Gasteiger partial charge in [0.2, 0.25) is 0 Å². The number of benzene rings is 3. The molecular weight excluding hydrogens is 386 g/mol. The SMILES string of the molecule is O=[N+]([O-])c1ccc(C2=CSC(Cc3ccccc3)(Cc3ccccc3)S2)cc1. The minimum atomic E-state index is -0.357. The molecule has 3 aromatic carbocycles. The summed E-state index contributed by atoms with van der Waals surface area (Å²) in [7, 11) is 0. The summed E-state index contributed by atoms with van der Waals surface area (Å²) in [5.74, 6) is 0. The van der Waals surface area contributed by atoms with Gasteiger partial charge in [-0.1, -0.05) is 60.7 Å². The second-order valence-electron chi connectivity index (χ2n) is 6.74. The number of rotatable bonds is 6. The van der Waals surface area contributed by atoms with Crippen LogP contribution < -0.4 is 0 Å². The Kier molecular flexibility index (Phi) is 5.55. The standard InChI is InChI=1S/C23H19NO2S2/c25-24(26)21-13-11-20(12-14-21)22-17-27-23(28-22,15-18-7-3-1-4-8-18)16-19-9-5-2-6-10-19/h1-14,17H,15-16H2. The molecule has 4 rings (SSSR count). The highest BCUT2D eigenvalue weighted by Gasteiger charge is 2.37. The van der Waals surface area contributed by atoms with Crippen molar-refractivity contribution in [1.29, 1.82) is 0 Å². The third kappa shape index (κ3) is 4.32. The Hall–Kier alpha value is -2.50. The molecule has 1 aliphatic heterocycles. The van der Waals surface area contributed by atoms with Gasteiger partial charge < -0.3 is 0 Å². The predicted octanol–water partition coefficient (Wildman–Crippen LogP) is 6.55. The van der Waals surface area contributed by atoms with Crippen LogP contribution in [0.4, 0.5) is 5.69 Å². The fraction of sp³-hybridized carbons (Fsp3) is 0.130. The molecule has 5 heteroatoms. The van der Waals surface area contributed by atoms with Crippen LogP contribution >= 0.6 is 23.5 Å². The first kappa shape index (κ1) is 18.8. The number of non-ortho nitro benzene ring substituents is 1. The Morgan fingerprint density at radius 1 is 0.786 bits per heavy atom. The van der Waals surface area contributed by atoms with Gasteiger partial charge >= 0.3 is 0 Å². The van der Waals surface area contributed by atoms with Gasteiger partial charge in [-0.15, -0.1) is 23.5 Å². The van der Waals surface area contributed by atoms with Gasteiger partial charge in [-0.25, -0.2) is 0 Å². The van der Waals surface area contributed by atoms with Gasteiger partial charge in [-0.2, -0.15) is 0 Å². The summed E-state index contributed by atoms with van der Waals surface area (Å²) >= 11 is 3.73. The lowest BCUT2D eigenvalue weighted by Gasteiger charge is -2.28. The van der Waals surface area contributed by atoms with Crippen molar-refractivity contribution >= 4 is 34.1 Å². The Morgan fingerprint density at radius 2 is 1.32 bits per heavy atom. The van der Waals surface area contributed by atoms with E-state index in [1.165, 1.54) is 16.0 Å². The first-order chi connectivity index (χ1) is 13.6. The van der Waals surface area contributed by atoms with Crippen molar-refractivity contribution in [2.75, 3.05) is 0 Å². The molecule has 0 aromatic heterocycles. The van der Waals surface area contributed by atoms with Crippen LogP contribution in [0.2, 0.25) is 0 Å². The molecule has 0 amide bonds. The van der Waals surface area contributed by atoms with Gasteiger partial charge in [0.15, 0.2) is 0 Å². The molecule has 0 aliphatic carbocycles. The lowest BCUT2D eigenvalue weighted by molar-refractivity contribution is -0.384.